The highest BCUT2D eigenvalue weighted by Gasteiger charge is 2.13. The first-order valence-corrected chi connectivity index (χ1v) is 9.00. The molecule has 0 aliphatic rings. The molecule has 26 heavy (non-hydrogen) atoms. The summed E-state index contributed by atoms with van der Waals surface area (Å²) in [5.41, 5.74) is 8.92. The maximum absolute atomic E-state index is 12.3. The number of fused-ring (bicyclic) bond motifs is 1. The van der Waals surface area contributed by atoms with Crippen LogP contribution in [0.5, 0.6) is 11.5 Å². The van der Waals surface area contributed by atoms with Gasteiger partial charge in [0.2, 0.25) is 0 Å². The standard InChI is InChI=1S/C18H18ClN3O3S/c1-9-4-10(2)17(12(19)5-9)25-8-15(23)21-11-6-13(24-3)16-14(7-11)26-18(20)22-16/h4-7H,8H2,1-3H3,(H2,20,22)(H,21,23). The van der Waals surface area contributed by atoms with E-state index in [1.165, 1.54) is 11.3 Å². The fraction of sp³-hybridized carbons (Fsp3) is 0.222. The van der Waals surface area contributed by atoms with Gasteiger partial charge < -0.3 is 20.5 Å². The first kappa shape index (κ1) is 18.3. The van der Waals surface area contributed by atoms with E-state index in [9.17, 15) is 4.79 Å². The summed E-state index contributed by atoms with van der Waals surface area (Å²) in [6.45, 7) is 3.68. The Kier molecular flexibility index (Phi) is 5.20. The molecule has 8 heteroatoms. The van der Waals surface area contributed by atoms with Crippen LogP contribution in [0.25, 0.3) is 10.2 Å². The summed E-state index contributed by atoms with van der Waals surface area (Å²) in [4.78, 5) is 16.5. The minimum Gasteiger partial charge on any atom is -0.494 e. The molecular formula is C18H18ClN3O3S. The second-order valence-electron chi connectivity index (χ2n) is 5.81. The Labute approximate surface area is 159 Å². The second kappa shape index (κ2) is 7.39. The Morgan fingerprint density at radius 1 is 1.31 bits per heavy atom. The number of carbonyl (C=O) groups excluding carboxylic acids is 1. The van der Waals surface area contributed by atoms with E-state index in [-0.39, 0.29) is 12.5 Å². The number of hydrogen-bond acceptors (Lipinski definition) is 6. The average molecular weight is 392 g/mol. The lowest BCUT2D eigenvalue weighted by atomic mass is 10.1. The van der Waals surface area contributed by atoms with E-state index in [1.54, 1.807) is 25.3 Å². The van der Waals surface area contributed by atoms with Gasteiger partial charge in [-0.05, 0) is 37.1 Å². The summed E-state index contributed by atoms with van der Waals surface area (Å²) in [6, 6.07) is 7.25. The highest BCUT2D eigenvalue weighted by Crippen LogP contribution is 2.34. The number of nitrogens with one attached hydrogen (secondary N) is 1. The number of anilines is 2. The monoisotopic (exact) mass is 391 g/mol. The first-order valence-electron chi connectivity index (χ1n) is 7.81. The fourth-order valence-electron chi connectivity index (χ4n) is 2.66. The van der Waals surface area contributed by atoms with Crippen molar-refractivity contribution >= 4 is 49.9 Å². The zero-order chi connectivity index (χ0) is 18.8. The summed E-state index contributed by atoms with van der Waals surface area (Å²) in [6.07, 6.45) is 0. The Morgan fingerprint density at radius 2 is 2.08 bits per heavy atom. The molecule has 3 N–H and O–H groups in total. The van der Waals surface area contributed by atoms with E-state index in [0.717, 1.165) is 15.8 Å². The van der Waals surface area contributed by atoms with Gasteiger partial charge in [-0.15, -0.1) is 0 Å². The van der Waals surface area contributed by atoms with Crippen LogP contribution in [0.15, 0.2) is 24.3 Å². The van der Waals surface area contributed by atoms with Crippen molar-refractivity contribution in [3.63, 3.8) is 0 Å². The maximum Gasteiger partial charge on any atom is 0.262 e. The topological polar surface area (TPSA) is 86.5 Å². The lowest BCUT2D eigenvalue weighted by Crippen LogP contribution is -2.20. The number of nitrogens with zero attached hydrogens (tertiary/aromatic N) is 1. The molecular weight excluding hydrogens is 374 g/mol. The molecule has 0 bridgehead atoms. The van der Waals surface area contributed by atoms with Crippen LogP contribution in [-0.4, -0.2) is 24.6 Å². The van der Waals surface area contributed by atoms with Gasteiger partial charge in [-0.1, -0.05) is 29.0 Å². The smallest absolute Gasteiger partial charge is 0.262 e. The number of nitrogens with two attached hydrogens (primary N) is 1. The minimum atomic E-state index is -0.306. The number of aromatic nitrogens is 1. The largest absolute Gasteiger partial charge is 0.494 e. The Morgan fingerprint density at radius 3 is 2.77 bits per heavy atom. The number of rotatable bonds is 5. The van der Waals surface area contributed by atoms with Crippen molar-refractivity contribution in [3.8, 4) is 11.5 Å². The van der Waals surface area contributed by atoms with Crippen LogP contribution in [0.2, 0.25) is 5.02 Å². The number of amides is 1. The van der Waals surface area contributed by atoms with Crippen molar-refractivity contribution in [3.05, 3.63) is 40.4 Å². The number of benzene rings is 2. The number of methoxy groups -OCH3 is 1. The van der Waals surface area contributed by atoms with Crippen molar-refractivity contribution in [2.45, 2.75) is 13.8 Å². The van der Waals surface area contributed by atoms with Crippen LogP contribution in [-0.2, 0) is 4.79 Å². The van der Waals surface area contributed by atoms with Gasteiger partial charge in [0.25, 0.3) is 5.91 Å². The second-order valence-corrected chi connectivity index (χ2v) is 7.28. The molecule has 0 fully saturated rings. The number of ether oxygens (including phenoxy) is 2. The van der Waals surface area contributed by atoms with Crippen LogP contribution in [0.1, 0.15) is 11.1 Å². The molecule has 136 valence electrons. The molecule has 1 heterocycles. The van der Waals surface area contributed by atoms with E-state index < -0.39 is 0 Å². The number of thiazole rings is 1. The van der Waals surface area contributed by atoms with Crippen LogP contribution in [0.4, 0.5) is 10.8 Å². The summed E-state index contributed by atoms with van der Waals surface area (Å²) in [5, 5.41) is 3.71. The van der Waals surface area contributed by atoms with Gasteiger partial charge in [0.15, 0.2) is 11.7 Å². The van der Waals surface area contributed by atoms with E-state index in [2.05, 4.69) is 10.3 Å². The molecule has 1 amide bonds. The Balaban J connectivity index is 1.73. The molecule has 0 aliphatic carbocycles. The summed E-state index contributed by atoms with van der Waals surface area (Å²) >= 11 is 7.52. The van der Waals surface area contributed by atoms with Gasteiger partial charge >= 0.3 is 0 Å². The SMILES string of the molecule is COc1cc(NC(=O)COc2c(C)cc(C)cc2Cl)cc2sc(N)nc12. The molecule has 0 unspecified atom stereocenters. The zero-order valence-electron chi connectivity index (χ0n) is 14.6. The minimum absolute atomic E-state index is 0.158. The third kappa shape index (κ3) is 3.84. The molecule has 1 aromatic heterocycles. The summed E-state index contributed by atoms with van der Waals surface area (Å²) in [5.74, 6) is 0.750. The van der Waals surface area contributed by atoms with E-state index in [0.29, 0.717) is 32.9 Å². The van der Waals surface area contributed by atoms with Gasteiger partial charge in [-0.3, -0.25) is 4.79 Å². The average Bonchev–Trinajstić information content (AvgIpc) is 2.93. The third-order valence-electron chi connectivity index (χ3n) is 3.70. The van der Waals surface area contributed by atoms with Crippen molar-refractivity contribution in [2.75, 3.05) is 24.8 Å². The summed E-state index contributed by atoms with van der Waals surface area (Å²) in [7, 11) is 1.54. The predicted octanol–water partition coefficient (Wildman–Crippen LogP) is 4.17. The van der Waals surface area contributed by atoms with Crippen molar-refractivity contribution in [1.29, 1.82) is 0 Å². The lowest BCUT2D eigenvalue weighted by Gasteiger charge is -2.12. The maximum atomic E-state index is 12.3. The van der Waals surface area contributed by atoms with Crippen LogP contribution < -0.4 is 20.5 Å². The van der Waals surface area contributed by atoms with Gasteiger partial charge in [0.05, 0.1) is 16.8 Å². The van der Waals surface area contributed by atoms with E-state index in [1.807, 2.05) is 19.9 Å². The first-order chi connectivity index (χ1) is 12.4. The third-order valence-corrected chi connectivity index (χ3v) is 4.81. The van der Waals surface area contributed by atoms with Gasteiger partial charge in [-0.2, -0.15) is 0 Å². The number of hydrogen-bond donors (Lipinski definition) is 2. The lowest BCUT2D eigenvalue weighted by molar-refractivity contribution is -0.118. The zero-order valence-corrected chi connectivity index (χ0v) is 16.1. The van der Waals surface area contributed by atoms with Gasteiger partial charge in [-0.25, -0.2) is 4.98 Å². The molecule has 3 aromatic rings. The van der Waals surface area contributed by atoms with Gasteiger partial charge in [0, 0.05) is 11.8 Å². The van der Waals surface area contributed by atoms with E-state index in [4.69, 9.17) is 26.8 Å². The van der Waals surface area contributed by atoms with Gasteiger partial charge in [0.1, 0.15) is 17.0 Å². The van der Waals surface area contributed by atoms with Crippen molar-refractivity contribution in [2.24, 2.45) is 0 Å². The molecule has 0 aliphatic heterocycles. The quantitative estimate of drug-likeness (QED) is 0.681. The Hall–Kier alpha value is -2.51. The van der Waals surface area contributed by atoms with Crippen molar-refractivity contribution in [1.82, 2.24) is 4.98 Å². The molecule has 0 radical (unpaired) electrons. The normalized spacial score (nSPS) is 10.8. The number of nitrogen functional groups attached to an aromatic ring is 1. The highest BCUT2D eigenvalue weighted by molar-refractivity contribution is 7.22. The molecule has 0 saturated carbocycles. The van der Waals surface area contributed by atoms with Crippen molar-refractivity contribution < 1.29 is 14.3 Å². The highest BCUT2D eigenvalue weighted by atomic mass is 35.5. The predicted molar refractivity (Wildman–Crippen MR) is 106 cm³/mol. The number of aryl methyl sites for hydroxylation is 2. The number of halogens is 1. The molecule has 6 nitrogen and oxygen atoms in total. The van der Waals surface area contributed by atoms with Crippen LogP contribution in [0.3, 0.4) is 0 Å². The molecule has 0 spiro atoms. The molecule has 0 atom stereocenters. The van der Waals surface area contributed by atoms with Crippen LogP contribution >= 0.6 is 22.9 Å². The molecule has 2 aromatic carbocycles. The molecule has 0 saturated heterocycles. The fourth-order valence-corrected chi connectivity index (χ4v) is 3.83. The number of carbonyl (C=O) groups is 1. The van der Waals surface area contributed by atoms with Crippen LogP contribution in [0, 0.1) is 13.8 Å². The Bertz CT molecular complexity index is 964. The molecule has 3 rings (SSSR count). The van der Waals surface area contributed by atoms with E-state index >= 15 is 0 Å². The summed E-state index contributed by atoms with van der Waals surface area (Å²) < 4.78 is 11.8.